The van der Waals surface area contributed by atoms with Gasteiger partial charge in [-0.3, -0.25) is 0 Å². The normalized spacial score (nSPS) is 10.8. The third-order valence-corrected chi connectivity index (χ3v) is 3.56. The second-order valence-electron chi connectivity index (χ2n) is 3.68. The van der Waals surface area contributed by atoms with Crippen molar-refractivity contribution in [3.8, 4) is 0 Å². The maximum atomic E-state index is 12.8. The molecule has 0 aliphatic carbocycles. The van der Waals surface area contributed by atoms with Gasteiger partial charge in [-0.15, -0.1) is 11.3 Å². The Bertz CT molecular complexity index is 513. The van der Waals surface area contributed by atoms with E-state index in [4.69, 9.17) is 11.6 Å². The average molecular weight is 271 g/mol. The van der Waals surface area contributed by atoms with Gasteiger partial charge < -0.3 is 5.32 Å². The highest BCUT2D eigenvalue weighted by Gasteiger charge is 2.02. The number of hydrogen-bond donors (Lipinski definition) is 1. The van der Waals surface area contributed by atoms with E-state index in [1.54, 1.807) is 17.4 Å². The summed E-state index contributed by atoms with van der Waals surface area (Å²) in [6.07, 6.45) is 1.86. The predicted molar refractivity (Wildman–Crippen MR) is 68.8 cm³/mol. The van der Waals surface area contributed by atoms with Gasteiger partial charge >= 0.3 is 0 Å². The average Bonchev–Trinajstić information content (AvgIpc) is 2.68. The fraction of sp³-hybridized carbons (Fsp3) is 0.250. The summed E-state index contributed by atoms with van der Waals surface area (Å²) in [7, 11) is 0. The Morgan fingerprint density at radius 3 is 2.88 bits per heavy atom. The van der Waals surface area contributed by atoms with Crippen molar-refractivity contribution in [2.45, 2.75) is 20.0 Å². The molecule has 0 fully saturated rings. The van der Waals surface area contributed by atoms with Crippen molar-refractivity contribution in [1.82, 2.24) is 10.3 Å². The Hall–Kier alpha value is -0.970. The van der Waals surface area contributed by atoms with E-state index < -0.39 is 0 Å². The number of aromatic nitrogens is 1. The molecule has 0 atom stereocenters. The van der Waals surface area contributed by atoms with E-state index in [0.717, 1.165) is 17.1 Å². The van der Waals surface area contributed by atoms with Crippen LogP contribution < -0.4 is 5.32 Å². The van der Waals surface area contributed by atoms with Crippen molar-refractivity contribution in [2.24, 2.45) is 0 Å². The maximum Gasteiger partial charge on any atom is 0.124 e. The lowest BCUT2D eigenvalue weighted by molar-refractivity contribution is 0.625. The van der Waals surface area contributed by atoms with Crippen LogP contribution in [0.1, 0.15) is 15.4 Å². The van der Waals surface area contributed by atoms with Crippen molar-refractivity contribution in [2.75, 3.05) is 0 Å². The van der Waals surface area contributed by atoms with Crippen LogP contribution in [0.2, 0.25) is 5.02 Å². The van der Waals surface area contributed by atoms with Crippen molar-refractivity contribution in [3.63, 3.8) is 0 Å². The number of benzene rings is 1. The van der Waals surface area contributed by atoms with Gasteiger partial charge in [-0.1, -0.05) is 17.7 Å². The van der Waals surface area contributed by atoms with Crippen molar-refractivity contribution in [3.05, 3.63) is 50.7 Å². The lowest BCUT2D eigenvalue weighted by Gasteiger charge is -2.05. The van der Waals surface area contributed by atoms with E-state index in [0.29, 0.717) is 11.6 Å². The number of halogens is 2. The Morgan fingerprint density at radius 2 is 2.24 bits per heavy atom. The minimum atomic E-state index is -0.308. The summed E-state index contributed by atoms with van der Waals surface area (Å²) >= 11 is 7.59. The number of nitrogens with zero attached hydrogens (tertiary/aromatic N) is 1. The Kier molecular flexibility index (Phi) is 4.10. The molecule has 2 nitrogen and oxygen atoms in total. The van der Waals surface area contributed by atoms with Crippen LogP contribution in [-0.2, 0) is 13.1 Å². The highest BCUT2D eigenvalue weighted by molar-refractivity contribution is 7.11. The first-order chi connectivity index (χ1) is 8.15. The van der Waals surface area contributed by atoms with Crippen LogP contribution in [0.5, 0.6) is 0 Å². The largest absolute Gasteiger partial charge is 0.308 e. The third kappa shape index (κ3) is 3.49. The van der Waals surface area contributed by atoms with Crippen molar-refractivity contribution < 1.29 is 4.39 Å². The predicted octanol–water partition coefficient (Wildman–Crippen LogP) is 3.53. The second-order valence-corrected chi connectivity index (χ2v) is 5.41. The Labute approximate surface area is 108 Å². The molecule has 0 amide bonds. The van der Waals surface area contributed by atoms with E-state index in [9.17, 15) is 4.39 Å². The fourth-order valence-electron chi connectivity index (χ4n) is 1.47. The van der Waals surface area contributed by atoms with Gasteiger partial charge in [-0.25, -0.2) is 9.37 Å². The molecule has 0 spiro atoms. The summed E-state index contributed by atoms with van der Waals surface area (Å²) in [5.41, 5.74) is 0.898. The molecule has 0 saturated heterocycles. The van der Waals surface area contributed by atoms with E-state index in [2.05, 4.69) is 10.3 Å². The van der Waals surface area contributed by atoms with Crippen LogP contribution in [0.25, 0.3) is 0 Å². The summed E-state index contributed by atoms with van der Waals surface area (Å²) in [4.78, 5) is 5.36. The highest BCUT2D eigenvalue weighted by atomic mass is 35.5. The molecule has 1 heterocycles. The molecule has 0 unspecified atom stereocenters. The molecule has 1 aromatic carbocycles. The van der Waals surface area contributed by atoms with E-state index in [-0.39, 0.29) is 5.82 Å². The third-order valence-electron chi connectivity index (χ3n) is 2.30. The SMILES string of the molecule is Cc1ncc(CNCc2ccc(F)cc2Cl)s1. The van der Waals surface area contributed by atoms with Gasteiger partial charge in [0.05, 0.1) is 5.01 Å². The summed E-state index contributed by atoms with van der Waals surface area (Å²) in [6.45, 7) is 3.35. The number of thiazole rings is 1. The van der Waals surface area contributed by atoms with Gasteiger partial charge in [0.2, 0.25) is 0 Å². The molecule has 0 saturated carbocycles. The molecule has 1 aromatic heterocycles. The van der Waals surface area contributed by atoms with Gasteiger partial charge in [0.1, 0.15) is 5.82 Å². The molecule has 90 valence electrons. The lowest BCUT2D eigenvalue weighted by atomic mass is 10.2. The molecule has 0 aliphatic heterocycles. The van der Waals surface area contributed by atoms with Gasteiger partial charge in [-0.2, -0.15) is 0 Å². The van der Waals surface area contributed by atoms with Crippen LogP contribution in [0.15, 0.2) is 24.4 Å². The van der Waals surface area contributed by atoms with E-state index in [1.807, 2.05) is 13.1 Å². The lowest BCUT2D eigenvalue weighted by Crippen LogP contribution is -2.12. The zero-order valence-corrected chi connectivity index (χ0v) is 10.9. The number of aryl methyl sites for hydroxylation is 1. The van der Waals surface area contributed by atoms with E-state index >= 15 is 0 Å². The first kappa shape index (κ1) is 12.5. The quantitative estimate of drug-likeness (QED) is 0.919. The number of hydrogen-bond acceptors (Lipinski definition) is 3. The monoisotopic (exact) mass is 270 g/mol. The zero-order chi connectivity index (χ0) is 12.3. The summed E-state index contributed by atoms with van der Waals surface area (Å²) in [6, 6.07) is 4.44. The van der Waals surface area contributed by atoms with Gasteiger partial charge in [-0.05, 0) is 24.6 Å². The van der Waals surface area contributed by atoms with E-state index in [1.165, 1.54) is 17.0 Å². The van der Waals surface area contributed by atoms with Crippen LogP contribution in [0.3, 0.4) is 0 Å². The molecule has 5 heteroatoms. The summed E-state index contributed by atoms with van der Waals surface area (Å²) in [5, 5.41) is 4.77. The van der Waals surface area contributed by atoms with Crippen LogP contribution in [0, 0.1) is 12.7 Å². The highest BCUT2D eigenvalue weighted by Crippen LogP contribution is 2.17. The number of rotatable bonds is 4. The summed E-state index contributed by atoms with van der Waals surface area (Å²) < 4.78 is 12.8. The molecule has 0 radical (unpaired) electrons. The number of nitrogens with one attached hydrogen (secondary N) is 1. The van der Waals surface area contributed by atoms with Crippen LogP contribution in [-0.4, -0.2) is 4.98 Å². The zero-order valence-electron chi connectivity index (χ0n) is 9.34. The van der Waals surface area contributed by atoms with Crippen molar-refractivity contribution >= 4 is 22.9 Å². The van der Waals surface area contributed by atoms with Gasteiger partial charge in [0, 0.05) is 29.2 Å². The topological polar surface area (TPSA) is 24.9 Å². The van der Waals surface area contributed by atoms with Gasteiger partial charge in [0.15, 0.2) is 0 Å². The summed E-state index contributed by atoms with van der Waals surface area (Å²) in [5.74, 6) is -0.308. The van der Waals surface area contributed by atoms with Crippen LogP contribution in [0.4, 0.5) is 4.39 Å². The van der Waals surface area contributed by atoms with Crippen LogP contribution >= 0.6 is 22.9 Å². The molecular formula is C12H12ClFN2S. The van der Waals surface area contributed by atoms with Gasteiger partial charge in [0.25, 0.3) is 0 Å². The minimum absolute atomic E-state index is 0.308. The molecule has 2 rings (SSSR count). The molecule has 2 aromatic rings. The molecule has 0 bridgehead atoms. The second kappa shape index (κ2) is 5.58. The Balaban J connectivity index is 1.90. The fourth-order valence-corrected chi connectivity index (χ4v) is 2.47. The van der Waals surface area contributed by atoms with Crippen molar-refractivity contribution in [1.29, 1.82) is 0 Å². The molecule has 0 aliphatic rings. The molecule has 1 N–H and O–H groups in total. The Morgan fingerprint density at radius 1 is 1.41 bits per heavy atom. The molecule has 17 heavy (non-hydrogen) atoms. The standard InChI is InChI=1S/C12H12ClFN2S/c1-8-16-7-11(17-8)6-15-5-9-2-3-10(14)4-12(9)13/h2-4,7,15H,5-6H2,1H3. The smallest absolute Gasteiger partial charge is 0.124 e. The minimum Gasteiger partial charge on any atom is -0.308 e. The first-order valence-electron chi connectivity index (χ1n) is 5.21. The molecular weight excluding hydrogens is 259 g/mol. The maximum absolute atomic E-state index is 12.8. The first-order valence-corrected chi connectivity index (χ1v) is 6.40.